The lowest BCUT2D eigenvalue weighted by atomic mass is 9.88. The molecule has 0 radical (unpaired) electrons. The first kappa shape index (κ1) is 13.7. The SMILES string of the molecule is COc1ccc2c(c1)CC(NCc1sccc1C)CC2. The maximum absolute atomic E-state index is 5.33. The Hall–Kier alpha value is -1.32. The van der Waals surface area contributed by atoms with Gasteiger partial charge in [0.1, 0.15) is 5.75 Å². The highest BCUT2D eigenvalue weighted by Gasteiger charge is 2.18. The van der Waals surface area contributed by atoms with Crippen molar-refractivity contribution >= 4 is 11.3 Å². The second-order valence-electron chi connectivity index (χ2n) is 5.48. The summed E-state index contributed by atoms with van der Waals surface area (Å²) < 4.78 is 5.33. The maximum Gasteiger partial charge on any atom is 0.119 e. The Bertz CT molecular complexity index is 590. The van der Waals surface area contributed by atoms with Gasteiger partial charge in [-0.25, -0.2) is 0 Å². The van der Waals surface area contributed by atoms with Crippen molar-refractivity contribution in [1.29, 1.82) is 0 Å². The summed E-state index contributed by atoms with van der Waals surface area (Å²) in [5, 5.41) is 5.89. The molecule has 0 saturated carbocycles. The molecule has 20 heavy (non-hydrogen) atoms. The van der Waals surface area contributed by atoms with E-state index in [-0.39, 0.29) is 0 Å². The van der Waals surface area contributed by atoms with Crippen LogP contribution >= 0.6 is 11.3 Å². The lowest BCUT2D eigenvalue weighted by Gasteiger charge is -2.26. The normalized spacial score (nSPS) is 17.8. The zero-order valence-electron chi connectivity index (χ0n) is 12.1. The van der Waals surface area contributed by atoms with Crippen molar-refractivity contribution in [1.82, 2.24) is 5.32 Å². The molecule has 1 aromatic carbocycles. The van der Waals surface area contributed by atoms with Crippen LogP contribution in [0.15, 0.2) is 29.6 Å². The molecule has 0 amide bonds. The van der Waals surface area contributed by atoms with Crippen LogP contribution in [0.2, 0.25) is 0 Å². The minimum Gasteiger partial charge on any atom is -0.497 e. The number of ether oxygens (including phenoxy) is 1. The zero-order valence-corrected chi connectivity index (χ0v) is 12.9. The standard InChI is InChI=1S/C17H21NOS/c1-12-7-8-20-17(12)11-18-15-5-3-13-4-6-16(19-2)10-14(13)9-15/h4,6-8,10,15,18H,3,5,9,11H2,1-2H3. The van der Waals surface area contributed by atoms with Crippen molar-refractivity contribution in [3.63, 3.8) is 0 Å². The average Bonchev–Trinajstić information content (AvgIpc) is 2.89. The predicted molar refractivity (Wildman–Crippen MR) is 84.7 cm³/mol. The highest BCUT2D eigenvalue weighted by molar-refractivity contribution is 7.10. The number of thiophene rings is 1. The van der Waals surface area contributed by atoms with Gasteiger partial charge in [0, 0.05) is 17.5 Å². The van der Waals surface area contributed by atoms with E-state index in [1.54, 1.807) is 7.11 Å². The molecule has 0 fully saturated rings. The zero-order chi connectivity index (χ0) is 13.9. The fourth-order valence-electron chi connectivity index (χ4n) is 2.86. The van der Waals surface area contributed by atoms with Crippen molar-refractivity contribution in [2.75, 3.05) is 7.11 Å². The average molecular weight is 287 g/mol. The van der Waals surface area contributed by atoms with Crippen molar-refractivity contribution < 1.29 is 4.74 Å². The molecule has 1 aromatic heterocycles. The molecule has 1 aliphatic rings. The Kier molecular flexibility index (Phi) is 4.08. The highest BCUT2D eigenvalue weighted by Crippen LogP contribution is 2.26. The Morgan fingerprint density at radius 1 is 1.30 bits per heavy atom. The van der Waals surface area contributed by atoms with Gasteiger partial charge in [0.15, 0.2) is 0 Å². The van der Waals surface area contributed by atoms with Gasteiger partial charge in [-0.05, 0) is 66.5 Å². The van der Waals surface area contributed by atoms with E-state index >= 15 is 0 Å². The lowest BCUT2D eigenvalue weighted by molar-refractivity contribution is 0.411. The van der Waals surface area contributed by atoms with E-state index in [9.17, 15) is 0 Å². The largest absolute Gasteiger partial charge is 0.497 e. The third-order valence-corrected chi connectivity index (χ3v) is 5.18. The molecule has 106 valence electrons. The van der Waals surface area contributed by atoms with Gasteiger partial charge < -0.3 is 10.1 Å². The fourth-order valence-corrected chi connectivity index (χ4v) is 3.71. The summed E-state index contributed by atoms with van der Waals surface area (Å²) in [4.78, 5) is 1.46. The molecule has 0 spiro atoms. The number of benzene rings is 1. The first-order chi connectivity index (χ1) is 9.76. The predicted octanol–water partition coefficient (Wildman–Crippen LogP) is 3.71. The van der Waals surface area contributed by atoms with E-state index in [0.29, 0.717) is 6.04 Å². The molecule has 2 aromatic rings. The van der Waals surface area contributed by atoms with Crippen LogP contribution < -0.4 is 10.1 Å². The summed E-state index contributed by atoms with van der Waals surface area (Å²) in [6.45, 7) is 3.18. The van der Waals surface area contributed by atoms with E-state index < -0.39 is 0 Å². The lowest BCUT2D eigenvalue weighted by Crippen LogP contribution is -2.34. The molecular formula is C17H21NOS. The number of fused-ring (bicyclic) bond motifs is 1. The highest BCUT2D eigenvalue weighted by atomic mass is 32.1. The summed E-state index contributed by atoms with van der Waals surface area (Å²) in [5.41, 5.74) is 4.33. The van der Waals surface area contributed by atoms with Crippen LogP contribution in [0.25, 0.3) is 0 Å². The number of aryl methyl sites for hydroxylation is 2. The Morgan fingerprint density at radius 2 is 2.20 bits per heavy atom. The summed E-state index contributed by atoms with van der Waals surface area (Å²) in [6, 6.07) is 9.26. The van der Waals surface area contributed by atoms with Crippen molar-refractivity contribution in [2.24, 2.45) is 0 Å². The number of nitrogens with one attached hydrogen (secondary N) is 1. The molecule has 2 nitrogen and oxygen atoms in total. The molecule has 1 aliphatic carbocycles. The van der Waals surface area contributed by atoms with Crippen LogP contribution in [-0.4, -0.2) is 13.2 Å². The molecule has 3 rings (SSSR count). The maximum atomic E-state index is 5.33. The minimum absolute atomic E-state index is 0.580. The summed E-state index contributed by atoms with van der Waals surface area (Å²) >= 11 is 1.85. The van der Waals surface area contributed by atoms with E-state index in [1.165, 1.54) is 34.4 Å². The Labute approximate surface area is 124 Å². The van der Waals surface area contributed by atoms with Crippen LogP contribution in [0, 0.1) is 6.92 Å². The van der Waals surface area contributed by atoms with Gasteiger partial charge in [-0.2, -0.15) is 0 Å². The molecule has 1 atom stereocenters. The van der Waals surface area contributed by atoms with Crippen LogP contribution in [-0.2, 0) is 19.4 Å². The molecule has 0 saturated heterocycles. The van der Waals surface area contributed by atoms with Gasteiger partial charge in [-0.1, -0.05) is 6.07 Å². The number of methoxy groups -OCH3 is 1. The van der Waals surface area contributed by atoms with Crippen LogP contribution in [0.5, 0.6) is 5.75 Å². The quantitative estimate of drug-likeness (QED) is 0.925. The molecule has 1 N–H and O–H groups in total. The second-order valence-corrected chi connectivity index (χ2v) is 6.48. The van der Waals surface area contributed by atoms with E-state index in [1.807, 2.05) is 11.3 Å². The monoisotopic (exact) mass is 287 g/mol. The van der Waals surface area contributed by atoms with Crippen molar-refractivity contribution in [2.45, 2.75) is 38.8 Å². The van der Waals surface area contributed by atoms with Gasteiger partial charge in [-0.3, -0.25) is 0 Å². The van der Waals surface area contributed by atoms with Crippen molar-refractivity contribution in [3.8, 4) is 5.75 Å². The van der Waals surface area contributed by atoms with Crippen LogP contribution in [0.3, 0.4) is 0 Å². The third kappa shape index (κ3) is 2.89. The number of hydrogen-bond donors (Lipinski definition) is 1. The molecule has 0 aliphatic heterocycles. The summed E-state index contributed by atoms with van der Waals surface area (Å²) in [6.07, 6.45) is 3.50. The van der Waals surface area contributed by atoms with Crippen molar-refractivity contribution in [3.05, 3.63) is 51.2 Å². The smallest absolute Gasteiger partial charge is 0.119 e. The topological polar surface area (TPSA) is 21.3 Å². The number of hydrogen-bond acceptors (Lipinski definition) is 3. The van der Waals surface area contributed by atoms with Crippen LogP contribution in [0.4, 0.5) is 0 Å². The molecule has 1 unspecified atom stereocenters. The summed E-state index contributed by atoms with van der Waals surface area (Å²) in [5.74, 6) is 0.971. The Morgan fingerprint density at radius 3 is 2.95 bits per heavy atom. The second kappa shape index (κ2) is 5.98. The first-order valence-electron chi connectivity index (χ1n) is 7.18. The van der Waals surface area contributed by atoms with Gasteiger partial charge >= 0.3 is 0 Å². The number of rotatable bonds is 4. The minimum atomic E-state index is 0.580. The first-order valence-corrected chi connectivity index (χ1v) is 8.06. The third-order valence-electron chi connectivity index (χ3n) is 4.16. The summed E-state index contributed by atoms with van der Waals surface area (Å²) in [7, 11) is 1.74. The fraction of sp³-hybridized carbons (Fsp3) is 0.412. The van der Waals surface area contributed by atoms with E-state index in [0.717, 1.165) is 18.7 Å². The van der Waals surface area contributed by atoms with E-state index in [4.69, 9.17) is 4.74 Å². The molecular weight excluding hydrogens is 266 g/mol. The van der Waals surface area contributed by atoms with Gasteiger partial charge in [0.2, 0.25) is 0 Å². The van der Waals surface area contributed by atoms with Gasteiger partial charge in [0.25, 0.3) is 0 Å². The van der Waals surface area contributed by atoms with Gasteiger partial charge in [0.05, 0.1) is 7.11 Å². The van der Waals surface area contributed by atoms with Crippen LogP contribution in [0.1, 0.15) is 28.0 Å². The molecule has 0 bridgehead atoms. The van der Waals surface area contributed by atoms with E-state index in [2.05, 4.69) is 41.9 Å². The van der Waals surface area contributed by atoms with Gasteiger partial charge in [-0.15, -0.1) is 11.3 Å². The molecule has 3 heteroatoms. The molecule has 1 heterocycles. The Balaban J connectivity index is 1.64.